The molecule has 0 aromatic heterocycles. The van der Waals surface area contributed by atoms with Crippen LogP contribution in [0, 0.1) is 11.8 Å². The number of nitrogens with zero attached hydrogens (tertiary/aromatic N) is 1. The van der Waals surface area contributed by atoms with Crippen molar-refractivity contribution in [2.75, 3.05) is 6.54 Å². The van der Waals surface area contributed by atoms with Crippen LogP contribution in [0.1, 0.15) is 46.0 Å². The first-order valence-electron chi connectivity index (χ1n) is 5.78. The number of nitrogens with one attached hydrogen (secondary N) is 1. The summed E-state index contributed by atoms with van der Waals surface area (Å²) >= 11 is 0. The van der Waals surface area contributed by atoms with E-state index in [0.29, 0.717) is 0 Å². The first-order valence-corrected chi connectivity index (χ1v) is 5.78. The maximum absolute atomic E-state index is 6.25. The third-order valence-corrected chi connectivity index (χ3v) is 2.70. The Morgan fingerprint density at radius 1 is 1.20 bits per heavy atom. The predicted octanol–water partition coefficient (Wildman–Crippen LogP) is 2.37. The summed E-state index contributed by atoms with van der Waals surface area (Å²) in [6, 6.07) is 0. The summed E-state index contributed by atoms with van der Waals surface area (Å²) in [5.74, 6) is 0. The van der Waals surface area contributed by atoms with Gasteiger partial charge in [-0.1, -0.05) is 26.2 Å². The summed E-state index contributed by atoms with van der Waals surface area (Å²) < 4.78 is 0. The fourth-order valence-electron chi connectivity index (χ4n) is 1.75. The number of quaternary nitrogens is 1. The average Bonchev–Trinajstić information content (AvgIpc) is 2.67. The average molecular weight is 206 g/mol. The summed E-state index contributed by atoms with van der Waals surface area (Å²) in [7, 11) is 0. The highest BCUT2D eigenvalue weighted by Crippen LogP contribution is 2.01. The highest BCUT2D eigenvalue weighted by atomic mass is 15.1. The Kier molecular flexibility index (Phi) is 8.81. The minimum Gasteiger partial charge on any atom is -0.512 e. The van der Waals surface area contributed by atoms with Crippen molar-refractivity contribution in [2.45, 2.75) is 46.0 Å². The van der Waals surface area contributed by atoms with Crippen molar-refractivity contribution in [3.05, 3.63) is 30.6 Å². The molecule has 1 rings (SSSR count). The Hall–Kier alpha value is -1.07. The number of unbranched alkanes of at least 4 members (excludes halogenated alkanes) is 4. The maximum atomic E-state index is 6.25. The number of rotatable bonds is 6. The molecule has 1 atom stereocenters. The predicted molar refractivity (Wildman–Crippen MR) is 62.5 cm³/mol. The number of hydrogen-bond acceptors (Lipinski definition) is 1. The molecule has 1 unspecified atom stereocenters. The molecule has 0 spiro atoms. The van der Waals surface area contributed by atoms with Gasteiger partial charge < -0.3 is 11.8 Å². The molecule has 0 radical (unpaired) electrons. The summed E-state index contributed by atoms with van der Waals surface area (Å²) in [5.41, 5.74) is 1.47. The van der Waals surface area contributed by atoms with E-state index in [9.17, 15) is 0 Å². The van der Waals surface area contributed by atoms with Crippen LogP contribution >= 0.6 is 0 Å². The Morgan fingerprint density at radius 2 is 1.87 bits per heavy atom. The molecule has 1 aliphatic rings. The van der Waals surface area contributed by atoms with Gasteiger partial charge in [-0.05, 0) is 25.0 Å². The van der Waals surface area contributed by atoms with Crippen LogP contribution in [0.25, 0.3) is 0 Å². The van der Waals surface area contributed by atoms with Crippen molar-refractivity contribution >= 4 is 0 Å². The molecule has 0 aliphatic carbocycles. The molecule has 2 nitrogen and oxygen atoms in total. The minimum absolute atomic E-state index is 1.28. The molecule has 0 fully saturated rings. The van der Waals surface area contributed by atoms with E-state index in [1.54, 1.807) is 4.90 Å². The molecular formula is C13H22N2. The van der Waals surface area contributed by atoms with Gasteiger partial charge in [0.2, 0.25) is 0 Å². The van der Waals surface area contributed by atoms with Crippen molar-refractivity contribution in [3.63, 3.8) is 0 Å². The van der Waals surface area contributed by atoms with E-state index in [2.05, 4.69) is 32.2 Å². The van der Waals surface area contributed by atoms with E-state index in [1.807, 2.05) is 0 Å². The first kappa shape index (κ1) is 13.9. The number of hydrogen-bond donors (Lipinski definition) is 1. The van der Waals surface area contributed by atoms with Crippen molar-refractivity contribution in [1.29, 1.82) is 5.26 Å². The fourth-order valence-corrected chi connectivity index (χ4v) is 1.75. The van der Waals surface area contributed by atoms with E-state index >= 15 is 0 Å². The molecular weight excluding hydrogens is 184 g/mol. The molecule has 0 saturated heterocycles. The van der Waals surface area contributed by atoms with E-state index in [4.69, 9.17) is 11.8 Å². The second kappa shape index (κ2) is 9.48. The summed E-state index contributed by atoms with van der Waals surface area (Å²) in [4.78, 5) is 1.55. The zero-order valence-corrected chi connectivity index (χ0v) is 9.92. The van der Waals surface area contributed by atoms with Crippen LogP contribution in [0.5, 0.6) is 0 Å². The van der Waals surface area contributed by atoms with Gasteiger partial charge >= 0.3 is 0 Å². The smallest absolute Gasteiger partial charge is 0.109 e. The largest absolute Gasteiger partial charge is 0.512 e. The van der Waals surface area contributed by atoms with Crippen LogP contribution in [0.3, 0.4) is 0 Å². The molecule has 15 heavy (non-hydrogen) atoms. The topological polar surface area (TPSA) is 28.2 Å². The van der Waals surface area contributed by atoms with E-state index in [0.717, 1.165) is 0 Å². The van der Waals surface area contributed by atoms with Gasteiger partial charge in [0.05, 0.1) is 12.7 Å². The van der Waals surface area contributed by atoms with Crippen molar-refractivity contribution < 1.29 is 4.90 Å². The molecule has 1 aliphatic heterocycles. The molecule has 1 N–H and O–H groups in total. The molecule has 0 saturated carbocycles. The van der Waals surface area contributed by atoms with Gasteiger partial charge in [0, 0.05) is 6.92 Å². The molecule has 0 aromatic carbocycles. The summed E-state index contributed by atoms with van der Waals surface area (Å²) in [6.45, 7) is 10.5. The Bertz CT molecular complexity index is 226. The zero-order valence-electron chi connectivity index (χ0n) is 9.92. The van der Waals surface area contributed by atoms with Gasteiger partial charge in [-0.3, -0.25) is 4.90 Å². The Balaban J connectivity index is 0.000000921. The van der Waals surface area contributed by atoms with E-state index < -0.39 is 0 Å². The monoisotopic (exact) mass is 206 g/mol. The van der Waals surface area contributed by atoms with Crippen molar-refractivity contribution in [1.82, 2.24) is 0 Å². The molecule has 2 heteroatoms. The van der Waals surface area contributed by atoms with Gasteiger partial charge in [0.1, 0.15) is 5.70 Å². The first-order chi connectivity index (χ1) is 7.34. The standard InChI is InChI=1S/C12H21N.CN/c1-3-4-5-6-7-10-13-11-8-9-12(13)2;1-2/h8-9,11H,3-7,10H2,1-2H3;/q;-1/p+1. The van der Waals surface area contributed by atoms with Gasteiger partial charge in [0.15, 0.2) is 0 Å². The lowest BCUT2D eigenvalue weighted by atomic mass is 10.1. The molecule has 0 bridgehead atoms. The second-order valence-electron chi connectivity index (χ2n) is 3.90. The zero-order chi connectivity index (χ0) is 11.5. The van der Waals surface area contributed by atoms with Crippen LogP contribution in [0.15, 0.2) is 24.0 Å². The second-order valence-corrected chi connectivity index (χ2v) is 3.90. The minimum atomic E-state index is 1.28. The lowest BCUT2D eigenvalue weighted by Crippen LogP contribution is -3.04. The van der Waals surface area contributed by atoms with Crippen LogP contribution in [0.2, 0.25) is 0 Å². The molecule has 0 aromatic rings. The molecule has 1 heterocycles. The highest BCUT2D eigenvalue weighted by Gasteiger charge is 2.10. The summed E-state index contributed by atoms with van der Waals surface area (Å²) in [6.07, 6.45) is 13.6. The van der Waals surface area contributed by atoms with Gasteiger partial charge in [-0.2, -0.15) is 0 Å². The normalized spacial score (nSPS) is 18.1. The van der Waals surface area contributed by atoms with E-state index in [-0.39, 0.29) is 0 Å². The van der Waals surface area contributed by atoms with Crippen molar-refractivity contribution in [3.8, 4) is 0 Å². The van der Waals surface area contributed by atoms with Crippen LogP contribution in [-0.4, -0.2) is 6.54 Å². The number of allylic oxidation sites excluding steroid dienone is 3. The van der Waals surface area contributed by atoms with Gasteiger partial charge in [-0.15, -0.1) is 0 Å². The quantitative estimate of drug-likeness (QED) is 0.524. The molecule has 0 amide bonds. The SMILES string of the molecule is CCCCCCC[NH+]1C=CC=C1C.[C-]#N. The van der Waals surface area contributed by atoms with E-state index in [1.165, 1.54) is 44.3 Å². The Morgan fingerprint density at radius 3 is 2.40 bits per heavy atom. The van der Waals surface area contributed by atoms with Crippen LogP contribution in [0.4, 0.5) is 0 Å². The van der Waals surface area contributed by atoms with Gasteiger partial charge in [-0.25, -0.2) is 0 Å². The van der Waals surface area contributed by atoms with Crippen LogP contribution < -0.4 is 4.90 Å². The maximum Gasteiger partial charge on any atom is 0.109 e. The third kappa shape index (κ3) is 6.09. The highest BCUT2D eigenvalue weighted by molar-refractivity contribution is 5.08. The summed E-state index contributed by atoms with van der Waals surface area (Å²) in [5, 5.41) is 6.25. The molecule has 84 valence electrons. The Labute approximate surface area is 93.9 Å². The third-order valence-electron chi connectivity index (χ3n) is 2.70. The van der Waals surface area contributed by atoms with Crippen LogP contribution in [-0.2, 0) is 0 Å². The fraction of sp³-hybridized carbons (Fsp3) is 0.615. The lowest BCUT2D eigenvalue weighted by Gasteiger charge is -2.10. The van der Waals surface area contributed by atoms with Crippen molar-refractivity contribution in [2.24, 2.45) is 0 Å². The van der Waals surface area contributed by atoms with Gasteiger partial charge in [0.25, 0.3) is 0 Å². The lowest BCUT2D eigenvalue weighted by molar-refractivity contribution is -0.802.